The first-order valence-electron chi connectivity index (χ1n) is 6.94. The van der Waals surface area contributed by atoms with Crippen LogP contribution in [0.15, 0.2) is 29.5 Å². The summed E-state index contributed by atoms with van der Waals surface area (Å²) in [6.07, 6.45) is 1.68. The molecule has 0 amide bonds. The van der Waals surface area contributed by atoms with E-state index in [0.29, 0.717) is 6.61 Å². The zero-order valence-corrected chi connectivity index (χ0v) is 12.2. The van der Waals surface area contributed by atoms with Crippen LogP contribution in [0, 0.1) is 39.8 Å². The normalized spacial score (nSPS) is 15.8. The summed E-state index contributed by atoms with van der Waals surface area (Å²) in [5, 5.41) is 29.3. The summed E-state index contributed by atoms with van der Waals surface area (Å²) in [6, 6.07) is 9.10. The number of nitriles is 3. The predicted octanol–water partition coefficient (Wildman–Crippen LogP) is 2.62. The molecule has 1 atom stereocenters. The first kappa shape index (κ1) is 16.3. The topological polar surface area (TPSA) is 102 Å². The third-order valence-electron chi connectivity index (χ3n) is 3.25. The van der Waals surface area contributed by atoms with Gasteiger partial charge in [-0.2, -0.15) is 15.8 Å². The number of benzene rings is 1. The van der Waals surface area contributed by atoms with Crippen LogP contribution in [0.1, 0.15) is 12.8 Å². The average Bonchev–Trinajstić information content (AvgIpc) is 3.07. The molecule has 7 heteroatoms. The number of anilines is 1. The number of nitrogens with zero attached hydrogens (tertiary/aromatic N) is 3. The van der Waals surface area contributed by atoms with E-state index in [1.165, 1.54) is 18.2 Å². The second kappa shape index (κ2) is 7.79. The maximum atomic E-state index is 14.0. The molecule has 0 aromatic heterocycles. The van der Waals surface area contributed by atoms with Crippen molar-refractivity contribution in [3.8, 4) is 24.0 Å². The Morgan fingerprint density at radius 1 is 1.30 bits per heavy atom. The molecule has 0 spiro atoms. The smallest absolute Gasteiger partial charge is 0.178 e. The fourth-order valence-corrected chi connectivity index (χ4v) is 2.12. The van der Waals surface area contributed by atoms with Crippen molar-refractivity contribution >= 4 is 5.69 Å². The minimum absolute atomic E-state index is 0.0778. The molecule has 1 aliphatic rings. The summed E-state index contributed by atoms with van der Waals surface area (Å²) in [4.78, 5) is 0. The van der Waals surface area contributed by atoms with Gasteiger partial charge in [0.25, 0.3) is 0 Å². The van der Waals surface area contributed by atoms with Gasteiger partial charge in [0.15, 0.2) is 17.1 Å². The monoisotopic (exact) mass is 312 g/mol. The first-order valence-corrected chi connectivity index (χ1v) is 6.94. The van der Waals surface area contributed by atoms with Crippen LogP contribution in [0.5, 0.6) is 5.75 Å². The van der Waals surface area contributed by atoms with Gasteiger partial charge >= 0.3 is 0 Å². The molecule has 1 heterocycles. The lowest BCUT2D eigenvalue weighted by Gasteiger charge is -2.16. The quantitative estimate of drug-likeness (QED) is 0.838. The number of para-hydroxylation sites is 1. The van der Waals surface area contributed by atoms with Crippen molar-refractivity contribution in [1.29, 1.82) is 15.8 Å². The average molecular weight is 312 g/mol. The van der Waals surface area contributed by atoms with Gasteiger partial charge in [0.1, 0.15) is 30.5 Å². The number of nitrogens with one attached hydrogen (secondary N) is 1. The van der Waals surface area contributed by atoms with E-state index in [0.717, 1.165) is 12.8 Å². The highest BCUT2D eigenvalue weighted by molar-refractivity contribution is 5.64. The van der Waals surface area contributed by atoms with E-state index < -0.39 is 5.82 Å². The summed E-state index contributed by atoms with van der Waals surface area (Å²) in [6.45, 7) is 0.843. The lowest BCUT2D eigenvalue weighted by molar-refractivity contribution is 0.0668. The number of halogens is 1. The van der Waals surface area contributed by atoms with Crippen molar-refractivity contribution in [2.45, 2.75) is 18.9 Å². The van der Waals surface area contributed by atoms with Crippen LogP contribution in [-0.2, 0) is 4.74 Å². The van der Waals surface area contributed by atoms with Gasteiger partial charge in [-0.25, -0.2) is 4.39 Å². The molecule has 0 bridgehead atoms. The number of hydrogen-bond donors (Lipinski definition) is 1. The maximum Gasteiger partial charge on any atom is 0.178 e. The van der Waals surface area contributed by atoms with Crippen LogP contribution in [0.3, 0.4) is 0 Å². The van der Waals surface area contributed by atoms with Gasteiger partial charge in [0.2, 0.25) is 0 Å². The Morgan fingerprint density at radius 3 is 2.70 bits per heavy atom. The van der Waals surface area contributed by atoms with Crippen molar-refractivity contribution < 1.29 is 13.9 Å². The van der Waals surface area contributed by atoms with Crippen LogP contribution in [0.2, 0.25) is 0 Å². The number of hydrogen-bond acceptors (Lipinski definition) is 6. The lowest BCUT2D eigenvalue weighted by Crippen LogP contribution is -2.17. The molecule has 1 saturated heterocycles. The molecule has 1 N–H and O–H groups in total. The van der Waals surface area contributed by atoms with Gasteiger partial charge < -0.3 is 14.8 Å². The Morgan fingerprint density at radius 2 is 2.09 bits per heavy atom. The first-order chi connectivity index (χ1) is 11.2. The van der Waals surface area contributed by atoms with Gasteiger partial charge in [-0.05, 0) is 25.0 Å². The molecule has 1 aromatic rings. The zero-order valence-electron chi connectivity index (χ0n) is 12.2. The SMILES string of the molecule is N#CC(C#N)=C(C#N)Nc1cccc(F)c1OCC1CCCO1. The van der Waals surface area contributed by atoms with Gasteiger partial charge in [0, 0.05) is 6.61 Å². The van der Waals surface area contributed by atoms with Crippen LogP contribution in [0.4, 0.5) is 10.1 Å². The molecule has 2 rings (SSSR count). The summed E-state index contributed by atoms with van der Waals surface area (Å²) in [5.74, 6) is -0.688. The second-order valence-electron chi connectivity index (χ2n) is 4.77. The Labute approximate surface area is 133 Å². The van der Waals surface area contributed by atoms with E-state index in [-0.39, 0.29) is 35.4 Å². The molecule has 116 valence electrons. The molecular weight excluding hydrogens is 299 g/mol. The van der Waals surface area contributed by atoms with Crippen LogP contribution < -0.4 is 10.1 Å². The lowest BCUT2D eigenvalue weighted by atomic mass is 10.2. The van der Waals surface area contributed by atoms with Gasteiger partial charge in [-0.3, -0.25) is 0 Å². The van der Waals surface area contributed by atoms with E-state index in [1.807, 2.05) is 0 Å². The summed E-state index contributed by atoms with van der Waals surface area (Å²) >= 11 is 0. The number of rotatable bonds is 5. The van der Waals surface area contributed by atoms with Crippen molar-refractivity contribution in [3.63, 3.8) is 0 Å². The highest BCUT2D eigenvalue weighted by Gasteiger charge is 2.19. The van der Waals surface area contributed by atoms with Gasteiger partial charge in [-0.15, -0.1) is 0 Å². The van der Waals surface area contributed by atoms with Crippen LogP contribution in [0.25, 0.3) is 0 Å². The Kier molecular flexibility index (Phi) is 5.52. The van der Waals surface area contributed by atoms with E-state index >= 15 is 0 Å². The molecule has 1 aliphatic heterocycles. The van der Waals surface area contributed by atoms with E-state index in [4.69, 9.17) is 25.3 Å². The number of allylic oxidation sites excluding steroid dienone is 2. The third kappa shape index (κ3) is 3.97. The molecule has 1 fully saturated rings. The fraction of sp³-hybridized carbons (Fsp3) is 0.312. The van der Waals surface area contributed by atoms with E-state index in [9.17, 15) is 4.39 Å². The second-order valence-corrected chi connectivity index (χ2v) is 4.77. The highest BCUT2D eigenvalue weighted by Crippen LogP contribution is 2.30. The van der Waals surface area contributed by atoms with Crippen LogP contribution in [-0.4, -0.2) is 19.3 Å². The van der Waals surface area contributed by atoms with Gasteiger partial charge in [0.05, 0.1) is 11.8 Å². The molecule has 23 heavy (non-hydrogen) atoms. The molecule has 0 radical (unpaired) electrons. The minimum atomic E-state index is -0.610. The van der Waals surface area contributed by atoms with Crippen LogP contribution >= 0.6 is 0 Å². The molecule has 1 unspecified atom stereocenters. The summed E-state index contributed by atoms with van der Waals surface area (Å²) < 4.78 is 24.9. The van der Waals surface area contributed by atoms with Crippen molar-refractivity contribution in [1.82, 2.24) is 0 Å². The summed E-state index contributed by atoms with van der Waals surface area (Å²) in [7, 11) is 0. The highest BCUT2D eigenvalue weighted by atomic mass is 19.1. The largest absolute Gasteiger partial charge is 0.486 e. The molecule has 0 saturated carbocycles. The maximum absolute atomic E-state index is 14.0. The predicted molar refractivity (Wildman–Crippen MR) is 78.4 cm³/mol. The Hall–Kier alpha value is -3.08. The third-order valence-corrected chi connectivity index (χ3v) is 3.25. The Bertz CT molecular complexity index is 718. The van der Waals surface area contributed by atoms with Crippen molar-refractivity contribution in [3.05, 3.63) is 35.3 Å². The molecule has 6 nitrogen and oxygen atoms in total. The van der Waals surface area contributed by atoms with Crippen molar-refractivity contribution in [2.75, 3.05) is 18.5 Å². The Balaban J connectivity index is 2.23. The van der Waals surface area contributed by atoms with Gasteiger partial charge in [-0.1, -0.05) is 6.07 Å². The fourth-order valence-electron chi connectivity index (χ4n) is 2.12. The molecule has 0 aliphatic carbocycles. The van der Waals surface area contributed by atoms with Crippen molar-refractivity contribution in [2.24, 2.45) is 0 Å². The zero-order chi connectivity index (χ0) is 16.7. The summed E-state index contributed by atoms with van der Waals surface area (Å²) in [5.41, 5.74) is -0.480. The minimum Gasteiger partial charge on any atom is -0.486 e. The number of ether oxygens (including phenoxy) is 2. The standard InChI is InChI=1S/C16H13FN4O2/c17-13-4-1-5-14(21-15(9-20)11(7-18)8-19)16(13)23-10-12-3-2-6-22-12/h1,4-5,12,21H,2-3,6,10H2. The molecule has 1 aromatic carbocycles. The molecular formula is C16H13FN4O2. The van der Waals surface area contributed by atoms with E-state index in [1.54, 1.807) is 18.2 Å². The van der Waals surface area contributed by atoms with E-state index in [2.05, 4.69) is 5.32 Å².